The number of halogens is 1. The lowest BCUT2D eigenvalue weighted by atomic mass is 10.2. The van der Waals surface area contributed by atoms with Gasteiger partial charge in [-0.2, -0.15) is 4.31 Å². The Bertz CT molecular complexity index is 518. The van der Waals surface area contributed by atoms with Crippen LogP contribution in [-0.4, -0.2) is 31.4 Å². The SMILES string of the molecule is CC1C(N)CCN1S(=O)(=O)c1cccc(Br)c1. The number of hydrogen-bond donors (Lipinski definition) is 1. The van der Waals surface area contributed by atoms with E-state index in [9.17, 15) is 8.42 Å². The molecule has 1 aliphatic heterocycles. The molecule has 94 valence electrons. The average Bonchev–Trinajstić information content (AvgIpc) is 2.60. The summed E-state index contributed by atoms with van der Waals surface area (Å²) in [6.45, 7) is 2.35. The molecule has 4 nitrogen and oxygen atoms in total. The summed E-state index contributed by atoms with van der Waals surface area (Å²) in [5, 5.41) is 0. The summed E-state index contributed by atoms with van der Waals surface area (Å²) in [5.74, 6) is 0. The summed E-state index contributed by atoms with van der Waals surface area (Å²) in [4.78, 5) is 0.313. The van der Waals surface area contributed by atoms with Crippen LogP contribution in [-0.2, 0) is 10.0 Å². The lowest BCUT2D eigenvalue weighted by Gasteiger charge is -2.22. The normalized spacial score (nSPS) is 26.3. The molecule has 17 heavy (non-hydrogen) atoms. The molecule has 2 rings (SSSR count). The predicted molar refractivity (Wildman–Crippen MR) is 70.1 cm³/mol. The highest BCUT2D eigenvalue weighted by molar-refractivity contribution is 9.10. The first kappa shape index (κ1) is 13.0. The maximum atomic E-state index is 12.4. The van der Waals surface area contributed by atoms with E-state index in [1.54, 1.807) is 24.3 Å². The van der Waals surface area contributed by atoms with Crippen LogP contribution in [0, 0.1) is 0 Å². The summed E-state index contributed by atoms with van der Waals surface area (Å²) >= 11 is 3.28. The molecule has 0 aromatic heterocycles. The first-order valence-corrected chi connectivity index (χ1v) is 7.69. The van der Waals surface area contributed by atoms with Crippen molar-refractivity contribution < 1.29 is 8.42 Å². The van der Waals surface area contributed by atoms with Gasteiger partial charge in [0.2, 0.25) is 10.0 Å². The minimum Gasteiger partial charge on any atom is -0.326 e. The van der Waals surface area contributed by atoms with Crippen LogP contribution in [0.1, 0.15) is 13.3 Å². The predicted octanol–water partition coefficient (Wildman–Crippen LogP) is 1.56. The Hall–Kier alpha value is -0.430. The topological polar surface area (TPSA) is 63.4 Å². The van der Waals surface area contributed by atoms with Gasteiger partial charge >= 0.3 is 0 Å². The average molecular weight is 319 g/mol. The lowest BCUT2D eigenvalue weighted by Crippen LogP contribution is -2.40. The van der Waals surface area contributed by atoms with E-state index in [1.165, 1.54) is 4.31 Å². The van der Waals surface area contributed by atoms with E-state index in [1.807, 2.05) is 6.92 Å². The first-order valence-electron chi connectivity index (χ1n) is 5.46. The lowest BCUT2D eigenvalue weighted by molar-refractivity contribution is 0.393. The van der Waals surface area contributed by atoms with Crippen LogP contribution in [0.5, 0.6) is 0 Å². The Morgan fingerprint density at radius 2 is 2.18 bits per heavy atom. The van der Waals surface area contributed by atoms with Gasteiger partial charge in [0.1, 0.15) is 0 Å². The van der Waals surface area contributed by atoms with E-state index >= 15 is 0 Å². The van der Waals surface area contributed by atoms with Crippen LogP contribution in [0.25, 0.3) is 0 Å². The van der Waals surface area contributed by atoms with Gasteiger partial charge in [-0.05, 0) is 31.5 Å². The van der Waals surface area contributed by atoms with Gasteiger partial charge < -0.3 is 5.73 Å². The molecule has 2 atom stereocenters. The molecule has 2 N–H and O–H groups in total. The zero-order valence-corrected chi connectivity index (χ0v) is 11.9. The second-order valence-corrected chi connectivity index (χ2v) is 7.07. The Labute approximate surface area is 110 Å². The number of nitrogens with two attached hydrogens (primary N) is 1. The van der Waals surface area contributed by atoms with Gasteiger partial charge in [-0.15, -0.1) is 0 Å². The van der Waals surface area contributed by atoms with Crippen LogP contribution < -0.4 is 5.73 Å². The molecule has 1 aromatic rings. The molecule has 1 saturated heterocycles. The molecule has 1 aromatic carbocycles. The maximum absolute atomic E-state index is 12.4. The molecule has 2 unspecified atom stereocenters. The molecular weight excluding hydrogens is 304 g/mol. The molecule has 0 aliphatic carbocycles. The molecule has 6 heteroatoms. The van der Waals surface area contributed by atoms with Gasteiger partial charge in [0.05, 0.1) is 4.90 Å². The molecule has 1 heterocycles. The van der Waals surface area contributed by atoms with E-state index in [0.717, 1.165) is 4.47 Å². The Kier molecular flexibility index (Phi) is 3.58. The van der Waals surface area contributed by atoms with E-state index in [-0.39, 0.29) is 12.1 Å². The van der Waals surface area contributed by atoms with Crippen molar-refractivity contribution in [3.63, 3.8) is 0 Å². The van der Waals surface area contributed by atoms with Gasteiger partial charge in [0, 0.05) is 23.1 Å². The summed E-state index contributed by atoms with van der Waals surface area (Å²) < 4.78 is 27.0. The van der Waals surface area contributed by atoms with Gasteiger partial charge in [0.15, 0.2) is 0 Å². The fraction of sp³-hybridized carbons (Fsp3) is 0.455. The summed E-state index contributed by atoms with van der Waals surface area (Å²) in [6, 6.07) is 6.54. The largest absolute Gasteiger partial charge is 0.326 e. The van der Waals surface area contributed by atoms with E-state index in [2.05, 4.69) is 15.9 Å². The maximum Gasteiger partial charge on any atom is 0.243 e. The van der Waals surface area contributed by atoms with Crippen LogP contribution in [0.2, 0.25) is 0 Å². The molecule has 0 radical (unpaired) electrons. The zero-order chi connectivity index (χ0) is 12.6. The Balaban J connectivity index is 2.37. The third-order valence-corrected chi connectivity index (χ3v) is 5.63. The highest BCUT2D eigenvalue weighted by Gasteiger charge is 2.37. The molecule has 1 fully saturated rings. The molecule has 0 spiro atoms. The fourth-order valence-electron chi connectivity index (χ4n) is 2.04. The van der Waals surface area contributed by atoms with Gasteiger partial charge in [0.25, 0.3) is 0 Å². The molecule has 0 amide bonds. The zero-order valence-electron chi connectivity index (χ0n) is 9.51. The highest BCUT2D eigenvalue weighted by atomic mass is 79.9. The van der Waals surface area contributed by atoms with Gasteiger partial charge in [-0.25, -0.2) is 8.42 Å². The van der Waals surface area contributed by atoms with E-state index < -0.39 is 10.0 Å². The molecule has 0 bridgehead atoms. The van der Waals surface area contributed by atoms with Gasteiger partial charge in [-0.1, -0.05) is 22.0 Å². The van der Waals surface area contributed by atoms with Crippen molar-refractivity contribution >= 4 is 26.0 Å². The van der Waals surface area contributed by atoms with Crippen LogP contribution in [0.4, 0.5) is 0 Å². The Morgan fingerprint density at radius 1 is 1.47 bits per heavy atom. The van der Waals surface area contributed by atoms with Crippen molar-refractivity contribution in [2.45, 2.75) is 30.3 Å². The molecule has 1 aliphatic rings. The van der Waals surface area contributed by atoms with Crippen molar-refractivity contribution in [1.82, 2.24) is 4.31 Å². The fourth-order valence-corrected chi connectivity index (χ4v) is 4.32. The van der Waals surface area contributed by atoms with Crippen molar-refractivity contribution in [2.24, 2.45) is 5.73 Å². The van der Waals surface area contributed by atoms with Crippen molar-refractivity contribution in [1.29, 1.82) is 0 Å². The van der Waals surface area contributed by atoms with Crippen LogP contribution in [0.15, 0.2) is 33.6 Å². The number of benzene rings is 1. The minimum atomic E-state index is -3.42. The second kappa shape index (κ2) is 4.68. The van der Waals surface area contributed by atoms with Crippen molar-refractivity contribution in [3.8, 4) is 0 Å². The first-order chi connectivity index (χ1) is 7.93. The van der Waals surface area contributed by atoms with Crippen molar-refractivity contribution in [3.05, 3.63) is 28.7 Å². The molecular formula is C11H15BrN2O2S. The van der Waals surface area contributed by atoms with E-state index in [4.69, 9.17) is 5.73 Å². The van der Waals surface area contributed by atoms with Gasteiger partial charge in [-0.3, -0.25) is 0 Å². The van der Waals surface area contributed by atoms with Crippen molar-refractivity contribution in [2.75, 3.05) is 6.54 Å². The Morgan fingerprint density at radius 3 is 2.71 bits per heavy atom. The van der Waals surface area contributed by atoms with Crippen LogP contribution >= 0.6 is 15.9 Å². The smallest absolute Gasteiger partial charge is 0.243 e. The quantitative estimate of drug-likeness (QED) is 0.900. The van der Waals surface area contributed by atoms with Crippen LogP contribution in [0.3, 0.4) is 0 Å². The number of hydrogen-bond acceptors (Lipinski definition) is 3. The number of nitrogens with zero attached hydrogens (tertiary/aromatic N) is 1. The van der Waals surface area contributed by atoms with E-state index in [0.29, 0.717) is 17.9 Å². The summed E-state index contributed by atoms with van der Waals surface area (Å²) in [7, 11) is -3.42. The monoisotopic (exact) mass is 318 g/mol. The standard InChI is InChI=1S/C11H15BrN2O2S/c1-8-11(13)5-6-14(8)17(15,16)10-4-2-3-9(12)7-10/h2-4,7-8,11H,5-6,13H2,1H3. The minimum absolute atomic E-state index is 0.0723. The third-order valence-electron chi connectivity index (χ3n) is 3.16. The summed E-state index contributed by atoms with van der Waals surface area (Å²) in [6.07, 6.45) is 0.717. The summed E-state index contributed by atoms with van der Waals surface area (Å²) in [5.41, 5.74) is 5.86. The number of sulfonamides is 1. The molecule has 0 saturated carbocycles. The number of rotatable bonds is 2. The third kappa shape index (κ3) is 2.40. The highest BCUT2D eigenvalue weighted by Crippen LogP contribution is 2.26. The second-order valence-electron chi connectivity index (χ2n) is 4.27.